The van der Waals surface area contributed by atoms with Crippen molar-refractivity contribution in [2.45, 2.75) is 19.8 Å². The predicted molar refractivity (Wildman–Crippen MR) is 153 cm³/mol. The van der Waals surface area contributed by atoms with E-state index in [9.17, 15) is 9.59 Å². The first-order valence-electron chi connectivity index (χ1n) is 12.9. The zero-order chi connectivity index (χ0) is 27.9. The number of amides is 2. The van der Waals surface area contributed by atoms with E-state index in [1.807, 2.05) is 30.3 Å². The third-order valence-electron chi connectivity index (χ3n) is 6.64. The van der Waals surface area contributed by atoms with Gasteiger partial charge in [0.15, 0.2) is 17.2 Å². The van der Waals surface area contributed by atoms with Crippen LogP contribution in [0.25, 0.3) is 5.70 Å². The third kappa shape index (κ3) is 6.17. The minimum atomic E-state index is -0.157. The fourth-order valence-corrected chi connectivity index (χ4v) is 4.74. The van der Waals surface area contributed by atoms with Crippen molar-refractivity contribution in [2.75, 3.05) is 40.4 Å². The van der Waals surface area contributed by atoms with E-state index in [1.54, 1.807) is 59.0 Å². The zero-order valence-corrected chi connectivity index (χ0v) is 23.3. The Hall–Kier alpha value is -4.04. The molecule has 0 N–H and O–H groups in total. The highest BCUT2D eigenvalue weighted by Crippen LogP contribution is 2.31. The highest BCUT2D eigenvalue weighted by atomic mass is 35.5. The standard InChI is InChI=1S/C30H33ClN4O4/c1-5-7-24-20-25(32-35(24)26(8-6-2)22-11-14-27(38-3)28(19-22)39-4)30(37)34-17-15-33(16-18-34)29(36)21-9-12-23(31)13-10-21/h6,8-14,19-20H,2,5,7,15-18H2,1,3-4H3/b26-8-. The molecule has 1 fully saturated rings. The summed E-state index contributed by atoms with van der Waals surface area (Å²) in [5.74, 6) is 0.992. The summed E-state index contributed by atoms with van der Waals surface area (Å²) in [6.45, 7) is 7.72. The molecule has 0 spiro atoms. The highest BCUT2D eigenvalue weighted by molar-refractivity contribution is 6.30. The average molecular weight is 549 g/mol. The topological polar surface area (TPSA) is 76.9 Å². The van der Waals surface area contributed by atoms with E-state index in [2.05, 4.69) is 13.5 Å². The van der Waals surface area contributed by atoms with Crippen LogP contribution >= 0.6 is 11.6 Å². The van der Waals surface area contributed by atoms with Gasteiger partial charge in [-0.1, -0.05) is 37.6 Å². The number of piperazine rings is 1. The van der Waals surface area contributed by atoms with E-state index in [-0.39, 0.29) is 11.8 Å². The Morgan fingerprint density at radius 1 is 0.923 bits per heavy atom. The number of hydrogen-bond donors (Lipinski definition) is 0. The Morgan fingerprint density at radius 2 is 1.54 bits per heavy atom. The lowest BCUT2D eigenvalue weighted by atomic mass is 10.1. The zero-order valence-electron chi connectivity index (χ0n) is 22.5. The molecule has 3 aromatic rings. The number of aromatic nitrogens is 2. The minimum absolute atomic E-state index is 0.0672. The first kappa shape index (κ1) is 28.0. The molecule has 204 valence electrons. The number of ether oxygens (including phenoxy) is 2. The number of aryl methyl sites for hydroxylation is 1. The number of methoxy groups -OCH3 is 2. The van der Waals surface area contributed by atoms with Crippen LogP contribution in [0.5, 0.6) is 11.5 Å². The monoisotopic (exact) mass is 548 g/mol. The Balaban J connectivity index is 1.55. The molecule has 8 nitrogen and oxygen atoms in total. The summed E-state index contributed by atoms with van der Waals surface area (Å²) < 4.78 is 12.7. The van der Waals surface area contributed by atoms with Crippen molar-refractivity contribution in [1.82, 2.24) is 19.6 Å². The van der Waals surface area contributed by atoms with E-state index in [4.69, 9.17) is 26.2 Å². The lowest BCUT2D eigenvalue weighted by molar-refractivity contribution is 0.0532. The fourth-order valence-electron chi connectivity index (χ4n) is 4.61. The van der Waals surface area contributed by atoms with Gasteiger partial charge in [-0.25, -0.2) is 4.68 Å². The molecular weight excluding hydrogens is 516 g/mol. The maximum absolute atomic E-state index is 13.5. The molecule has 1 aliphatic heterocycles. The van der Waals surface area contributed by atoms with Crippen LogP contribution in [0.3, 0.4) is 0 Å². The van der Waals surface area contributed by atoms with Crippen LogP contribution in [0.2, 0.25) is 5.02 Å². The Kier molecular flexibility index (Phi) is 9.09. The lowest BCUT2D eigenvalue weighted by Gasteiger charge is -2.34. The summed E-state index contributed by atoms with van der Waals surface area (Å²) in [5.41, 5.74) is 3.48. The molecule has 0 saturated carbocycles. The van der Waals surface area contributed by atoms with Gasteiger partial charge in [0.2, 0.25) is 0 Å². The second-order valence-corrected chi connectivity index (χ2v) is 9.57. The van der Waals surface area contributed by atoms with Gasteiger partial charge >= 0.3 is 0 Å². The smallest absolute Gasteiger partial charge is 0.274 e. The molecule has 1 aromatic heterocycles. The van der Waals surface area contributed by atoms with Crippen molar-refractivity contribution < 1.29 is 19.1 Å². The highest BCUT2D eigenvalue weighted by Gasteiger charge is 2.28. The summed E-state index contributed by atoms with van der Waals surface area (Å²) in [6.07, 6.45) is 5.19. The van der Waals surface area contributed by atoms with Gasteiger partial charge in [-0.3, -0.25) is 9.59 Å². The molecule has 9 heteroatoms. The minimum Gasteiger partial charge on any atom is -0.493 e. The predicted octanol–water partition coefficient (Wildman–Crippen LogP) is 5.18. The number of rotatable bonds is 9. The van der Waals surface area contributed by atoms with Crippen LogP contribution in [-0.2, 0) is 6.42 Å². The molecule has 0 bridgehead atoms. The van der Waals surface area contributed by atoms with Gasteiger partial charge in [0.1, 0.15) is 0 Å². The van der Waals surface area contributed by atoms with Crippen LogP contribution < -0.4 is 9.47 Å². The molecule has 2 aromatic carbocycles. The Morgan fingerprint density at radius 3 is 2.13 bits per heavy atom. The van der Waals surface area contributed by atoms with Gasteiger partial charge < -0.3 is 19.3 Å². The van der Waals surface area contributed by atoms with Crippen molar-refractivity contribution in [3.05, 3.63) is 94.8 Å². The summed E-state index contributed by atoms with van der Waals surface area (Å²) in [5, 5.41) is 5.34. The van der Waals surface area contributed by atoms with Gasteiger partial charge in [0.25, 0.3) is 11.8 Å². The summed E-state index contributed by atoms with van der Waals surface area (Å²) in [7, 11) is 3.19. The maximum atomic E-state index is 13.5. The number of carbonyl (C=O) groups is 2. The largest absolute Gasteiger partial charge is 0.493 e. The normalized spacial score (nSPS) is 13.8. The molecule has 0 atom stereocenters. The number of benzene rings is 2. The Labute approximate surface area is 234 Å². The molecule has 0 radical (unpaired) electrons. The Bertz CT molecular complexity index is 1370. The van der Waals surface area contributed by atoms with Crippen LogP contribution in [0.4, 0.5) is 0 Å². The molecule has 1 saturated heterocycles. The van der Waals surface area contributed by atoms with Crippen molar-refractivity contribution in [1.29, 1.82) is 0 Å². The fraction of sp³-hybridized carbons (Fsp3) is 0.300. The molecule has 4 rings (SSSR count). The first-order chi connectivity index (χ1) is 18.9. The number of nitrogens with zero attached hydrogens (tertiary/aromatic N) is 4. The number of hydrogen-bond acceptors (Lipinski definition) is 5. The van der Waals surface area contributed by atoms with Gasteiger partial charge in [-0.15, -0.1) is 0 Å². The van der Waals surface area contributed by atoms with E-state index in [0.29, 0.717) is 54.0 Å². The second-order valence-electron chi connectivity index (χ2n) is 9.13. The van der Waals surface area contributed by atoms with Gasteiger partial charge in [-0.2, -0.15) is 5.10 Å². The molecule has 2 amide bonds. The summed E-state index contributed by atoms with van der Waals surface area (Å²) in [6, 6.07) is 14.3. The molecule has 0 aliphatic carbocycles. The van der Waals surface area contributed by atoms with E-state index in [0.717, 1.165) is 29.8 Å². The van der Waals surface area contributed by atoms with Gasteiger partial charge in [-0.05, 0) is 61.0 Å². The van der Waals surface area contributed by atoms with Crippen molar-refractivity contribution in [2.24, 2.45) is 0 Å². The number of allylic oxidation sites excluding steroid dienone is 2. The summed E-state index contributed by atoms with van der Waals surface area (Å²) >= 11 is 5.95. The van der Waals surface area contributed by atoms with Crippen molar-refractivity contribution in [3.8, 4) is 11.5 Å². The quantitative estimate of drug-likeness (QED) is 0.344. The molecule has 39 heavy (non-hydrogen) atoms. The summed E-state index contributed by atoms with van der Waals surface area (Å²) in [4.78, 5) is 29.9. The SMILES string of the molecule is C=C/C=C(/c1ccc(OC)c(OC)c1)n1nc(C(=O)N2CCN(C(=O)c3ccc(Cl)cc3)CC2)cc1CCC. The van der Waals surface area contributed by atoms with Crippen LogP contribution in [-0.4, -0.2) is 71.8 Å². The van der Waals surface area contributed by atoms with Crippen molar-refractivity contribution in [3.63, 3.8) is 0 Å². The molecule has 0 unspecified atom stereocenters. The van der Waals surface area contributed by atoms with Crippen molar-refractivity contribution >= 4 is 29.1 Å². The van der Waals surface area contributed by atoms with Gasteiger partial charge in [0.05, 0.1) is 19.9 Å². The van der Waals surface area contributed by atoms with Gasteiger partial charge in [0, 0.05) is 48.0 Å². The number of carbonyl (C=O) groups excluding carboxylic acids is 2. The maximum Gasteiger partial charge on any atom is 0.274 e. The molecular formula is C30H33ClN4O4. The van der Waals surface area contributed by atoms with E-state index < -0.39 is 0 Å². The molecule has 1 aliphatic rings. The second kappa shape index (κ2) is 12.7. The van der Waals surface area contributed by atoms with Crippen LogP contribution in [0.1, 0.15) is 45.4 Å². The van der Waals surface area contributed by atoms with Crippen LogP contribution in [0, 0.1) is 0 Å². The first-order valence-corrected chi connectivity index (χ1v) is 13.3. The lowest BCUT2D eigenvalue weighted by Crippen LogP contribution is -2.50. The molecule has 2 heterocycles. The number of halogens is 1. The van der Waals surface area contributed by atoms with Crippen LogP contribution in [0.15, 0.2) is 67.3 Å². The average Bonchev–Trinajstić information content (AvgIpc) is 3.38. The van der Waals surface area contributed by atoms with E-state index >= 15 is 0 Å². The van der Waals surface area contributed by atoms with E-state index in [1.165, 1.54) is 0 Å². The third-order valence-corrected chi connectivity index (χ3v) is 6.89.